The molecule has 3 rings (SSSR count). The summed E-state index contributed by atoms with van der Waals surface area (Å²) in [6, 6.07) is 8.05. The lowest BCUT2D eigenvalue weighted by molar-refractivity contribution is -0.183. The first-order valence-corrected chi connectivity index (χ1v) is 10.5. The summed E-state index contributed by atoms with van der Waals surface area (Å²) in [5.74, 6) is 0.806. The van der Waals surface area contributed by atoms with Gasteiger partial charge in [-0.15, -0.1) is 0 Å². The van der Waals surface area contributed by atoms with Crippen LogP contribution in [-0.4, -0.2) is 44.0 Å². The molecule has 0 aliphatic carbocycles. The maximum absolute atomic E-state index is 13.0. The molecule has 0 aromatic heterocycles. The third-order valence-corrected chi connectivity index (χ3v) is 4.54. The number of phenols is 1. The Morgan fingerprint density at radius 2 is 1.61 bits per heavy atom. The van der Waals surface area contributed by atoms with Crippen molar-refractivity contribution in [2.75, 3.05) is 38.4 Å². The van der Waals surface area contributed by atoms with E-state index in [4.69, 9.17) is 23.7 Å². The molecule has 8 nitrogen and oxygen atoms in total. The van der Waals surface area contributed by atoms with Crippen molar-refractivity contribution in [3.8, 4) is 23.0 Å². The van der Waals surface area contributed by atoms with Crippen LogP contribution in [0.5, 0.6) is 23.0 Å². The van der Waals surface area contributed by atoms with Crippen LogP contribution in [-0.2, 0) is 9.47 Å². The van der Waals surface area contributed by atoms with E-state index in [0.29, 0.717) is 61.4 Å². The summed E-state index contributed by atoms with van der Waals surface area (Å²) in [6.45, 7) is 7.99. The van der Waals surface area contributed by atoms with Gasteiger partial charge in [0.05, 0.1) is 38.7 Å². The number of ether oxygens (including phenoxy) is 5. The van der Waals surface area contributed by atoms with E-state index < -0.39 is 12.2 Å². The standard InChI is InChI=1S/C23H29NO7/c1-4-27-19-13-16(14-20(28-5-2)21(19)29-6-3)22(26)24-17-12-15(8-9-18(17)25)23-30-10-7-11-31-23/h8-9,12-14,23,25H,4-7,10-11H2,1-3H3,(H,24,26). The van der Waals surface area contributed by atoms with Gasteiger partial charge in [-0.1, -0.05) is 6.07 Å². The van der Waals surface area contributed by atoms with E-state index in [-0.39, 0.29) is 11.4 Å². The largest absolute Gasteiger partial charge is 0.506 e. The van der Waals surface area contributed by atoms with Gasteiger partial charge < -0.3 is 34.1 Å². The number of hydrogen-bond donors (Lipinski definition) is 2. The summed E-state index contributed by atoms with van der Waals surface area (Å²) in [5, 5.41) is 13.0. The normalized spacial score (nSPS) is 14.2. The van der Waals surface area contributed by atoms with Crippen LogP contribution in [0.3, 0.4) is 0 Å². The van der Waals surface area contributed by atoms with E-state index in [1.165, 1.54) is 6.07 Å². The quantitative estimate of drug-likeness (QED) is 0.572. The summed E-state index contributed by atoms with van der Waals surface area (Å²) >= 11 is 0. The molecule has 0 radical (unpaired) electrons. The van der Waals surface area contributed by atoms with Gasteiger partial charge in [0, 0.05) is 11.1 Å². The van der Waals surface area contributed by atoms with Crippen LogP contribution >= 0.6 is 0 Å². The van der Waals surface area contributed by atoms with E-state index in [1.54, 1.807) is 24.3 Å². The molecule has 2 aromatic carbocycles. The Balaban J connectivity index is 1.88. The molecule has 0 atom stereocenters. The molecule has 31 heavy (non-hydrogen) atoms. The molecule has 1 amide bonds. The molecule has 1 aliphatic heterocycles. The van der Waals surface area contributed by atoms with Crippen molar-refractivity contribution in [3.05, 3.63) is 41.5 Å². The number of hydrogen-bond acceptors (Lipinski definition) is 7. The second kappa shape index (κ2) is 10.9. The summed E-state index contributed by atoms with van der Waals surface area (Å²) in [7, 11) is 0. The SMILES string of the molecule is CCOc1cc(C(=O)Nc2cc(C3OCCCO3)ccc2O)cc(OCC)c1OCC. The molecule has 1 heterocycles. The lowest BCUT2D eigenvalue weighted by atomic mass is 10.1. The number of aromatic hydroxyl groups is 1. The van der Waals surface area contributed by atoms with Gasteiger partial charge in [-0.05, 0) is 51.5 Å². The number of carbonyl (C=O) groups is 1. The maximum Gasteiger partial charge on any atom is 0.256 e. The van der Waals surface area contributed by atoms with Crippen LogP contribution in [0.2, 0.25) is 0 Å². The van der Waals surface area contributed by atoms with Gasteiger partial charge in [-0.25, -0.2) is 0 Å². The number of amides is 1. The van der Waals surface area contributed by atoms with Gasteiger partial charge in [-0.2, -0.15) is 0 Å². The molecule has 0 saturated carbocycles. The summed E-state index contributed by atoms with van der Waals surface area (Å²) in [4.78, 5) is 13.0. The highest BCUT2D eigenvalue weighted by atomic mass is 16.7. The molecule has 2 N–H and O–H groups in total. The predicted octanol–water partition coefficient (Wildman–Crippen LogP) is 4.28. The van der Waals surface area contributed by atoms with Gasteiger partial charge in [0.25, 0.3) is 5.91 Å². The topological polar surface area (TPSA) is 95.5 Å². The second-order valence-electron chi connectivity index (χ2n) is 6.76. The number of anilines is 1. The van der Waals surface area contributed by atoms with Crippen LogP contribution in [0.15, 0.2) is 30.3 Å². The minimum atomic E-state index is -0.524. The van der Waals surface area contributed by atoms with Crippen LogP contribution in [0.4, 0.5) is 5.69 Å². The van der Waals surface area contributed by atoms with E-state index >= 15 is 0 Å². The first-order valence-electron chi connectivity index (χ1n) is 10.5. The Hall–Kier alpha value is -2.97. The van der Waals surface area contributed by atoms with Crippen LogP contribution in [0, 0.1) is 0 Å². The van der Waals surface area contributed by atoms with Gasteiger partial charge in [0.1, 0.15) is 5.75 Å². The molecular formula is C23H29NO7. The van der Waals surface area contributed by atoms with Crippen molar-refractivity contribution < 1.29 is 33.6 Å². The van der Waals surface area contributed by atoms with Crippen molar-refractivity contribution in [2.45, 2.75) is 33.5 Å². The van der Waals surface area contributed by atoms with E-state index in [9.17, 15) is 9.90 Å². The van der Waals surface area contributed by atoms with Crippen LogP contribution in [0.1, 0.15) is 49.4 Å². The molecular weight excluding hydrogens is 402 g/mol. The number of rotatable bonds is 9. The molecule has 0 unspecified atom stereocenters. The highest BCUT2D eigenvalue weighted by Crippen LogP contribution is 2.39. The lowest BCUT2D eigenvalue weighted by Crippen LogP contribution is -2.18. The molecule has 1 saturated heterocycles. The Morgan fingerprint density at radius 3 is 2.19 bits per heavy atom. The Labute approximate surface area is 182 Å². The van der Waals surface area contributed by atoms with Crippen molar-refractivity contribution >= 4 is 11.6 Å². The minimum absolute atomic E-state index is 0.0612. The fourth-order valence-electron chi connectivity index (χ4n) is 3.19. The fraction of sp³-hybridized carbons (Fsp3) is 0.435. The third-order valence-electron chi connectivity index (χ3n) is 4.54. The minimum Gasteiger partial charge on any atom is -0.506 e. The van der Waals surface area contributed by atoms with Crippen molar-refractivity contribution in [3.63, 3.8) is 0 Å². The van der Waals surface area contributed by atoms with Gasteiger partial charge >= 0.3 is 0 Å². The average Bonchev–Trinajstić information content (AvgIpc) is 2.78. The van der Waals surface area contributed by atoms with E-state index in [2.05, 4.69) is 5.32 Å². The third kappa shape index (κ3) is 5.59. The number of phenolic OH excluding ortho intramolecular Hbond substituents is 1. The molecule has 1 aliphatic rings. The molecule has 0 spiro atoms. The zero-order chi connectivity index (χ0) is 22.2. The average molecular weight is 431 g/mol. The van der Waals surface area contributed by atoms with Crippen molar-refractivity contribution in [1.29, 1.82) is 0 Å². The fourth-order valence-corrected chi connectivity index (χ4v) is 3.19. The van der Waals surface area contributed by atoms with Crippen molar-refractivity contribution in [2.24, 2.45) is 0 Å². The second-order valence-corrected chi connectivity index (χ2v) is 6.76. The smallest absolute Gasteiger partial charge is 0.256 e. The lowest BCUT2D eigenvalue weighted by Gasteiger charge is -2.24. The summed E-state index contributed by atoms with van der Waals surface area (Å²) in [5.41, 5.74) is 1.28. The monoisotopic (exact) mass is 431 g/mol. The first kappa shape index (κ1) is 22.7. The number of nitrogens with one attached hydrogen (secondary N) is 1. The van der Waals surface area contributed by atoms with E-state index in [0.717, 1.165) is 6.42 Å². The molecule has 2 aromatic rings. The maximum atomic E-state index is 13.0. The Kier molecular flexibility index (Phi) is 7.97. The molecule has 168 valence electrons. The Morgan fingerprint density at radius 1 is 1.00 bits per heavy atom. The Bertz CT molecular complexity index is 866. The molecule has 1 fully saturated rings. The van der Waals surface area contributed by atoms with Gasteiger partial charge in [0.2, 0.25) is 5.75 Å². The molecule has 8 heteroatoms. The van der Waals surface area contributed by atoms with Crippen LogP contribution < -0.4 is 19.5 Å². The van der Waals surface area contributed by atoms with Crippen LogP contribution in [0.25, 0.3) is 0 Å². The number of benzene rings is 2. The zero-order valence-electron chi connectivity index (χ0n) is 18.1. The predicted molar refractivity (Wildman–Crippen MR) is 115 cm³/mol. The van der Waals surface area contributed by atoms with Gasteiger partial charge in [0.15, 0.2) is 17.8 Å². The zero-order valence-corrected chi connectivity index (χ0v) is 18.1. The van der Waals surface area contributed by atoms with Crippen molar-refractivity contribution in [1.82, 2.24) is 0 Å². The summed E-state index contributed by atoms with van der Waals surface area (Å²) < 4.78 is 28.2. The highest BCUT2D eigenvalue weighted by molar-refractivity contribution is 6.05. The van der Waals surface area contributed by atoms with E-state index in [1.807, 2.05) is 20.8 Å². The first-order chi connectivity index (χ1) is 15.1. The molecule has 0 bridgehead atoms. The number of carbonyl (C=O) groups excluding carboxylic acids is 1. The summed E-state index contributed by atoms with van der Waals surface area (Å²) in [6.07, 6.45) is 0.310. The van der Waals surface area contributed by atoms with Gasteiger partial charge in [-0.3, -0.25) is 4.79 Å². The highest BCUT2D eigenvalue weighted by Gasteiger charge is 2.21.